The van der Waals surface area contributed by atoms with Crippen LogP contribution in [0.15, 0.2) is 84.0 Å². The first-order chi connectivity index (χ1) is 17.0. The normalized spacial score (nSPS) is 16.1. The number of benzene rings is 3. The number of rotatable bonds is 7. The Labute approximate surface area is 206 Å². The molecule has 0 aromatic heterocycles. The molecule has 35 heavy (non-hydrogen) atoms. The highest BCUT2D eigenvalue weighted by Gasteiger charge is 2.29. The highest BCUT2D eigenvalue weighted by molar-refractivity contribution is 6.09. The van der Waals surface area contributed by atoms with Crippen molar-refractivity contribution in [2.75, 3.05) is 18.5 Å². The minimum absolute atomic E-state index is 0.0444. The van der Waals surface area contributed by atoms with Crippen molar-refractivity contribution in [1.29, 1.82) is 0 Å². The van der Waals surface area contributed by atoms with Crippen LogP contribution in [0.2, 0.25) is 0 Å². The molecule has 0 saturated carbocycles. The van der Waals surface area contributed by atoms with E-state index in [4.69, 9.17) is 10.8 Å². The standard InChI is InChI=1S/C30H31N3O2/c1-3-21-6-12-27(13-7-21)33-17-16-25-18-24(26(19-31)20-32-2)11-14-28(25)30(33)23-9-4-22(5-10-23)8-15-29(34)35/h4-15,18-20,30H,3,16-17,31H2,1-2H3,(H,34,35)/b15-8+,26-19?,32-20?. The summed E-state index contributed by atoms with van der Waals surface area (Å²) in [4.78, 5) is 17.5. The predicted molar refractivity (Wildman–Crippen MR) is 145 cm³/mol. The molecule has 1 unspecified atom stereocenters. The van der Waals surface area contributed by atoms with Crippen molar-refractivity contribution in [2.24, 2.45) is 10.7 Å². The van der Waals surface area contributed by atoms with Gasteiger partial charge in [0.2, 0.25) is 0 Å². The van der Waals surface area contributed by atoms with Crippen molar-refractivity contribution in [1.82, 2.24) is 0 Å². The Balaban J connectivity index is 1.78. The number of aryl methyl sites for hydroxylation is 1. The molecule has 3 aromatic carbocycles. The number of carboxylic acid groups (broad SMARTS) is 1. The van der Waals surface area contributed by atoms with Gasteiger partial charge in [-0.3, -0.25) is 4.99 Å². The third kappa shape index (κ3) is 5.35. The largest absolute Gasteiger partial charge is 0.478 e. The van der Waals surface area contributed by atoms with Crippen molar-refractivity contribution in [3.05, 3.63) is 112 Å². The molecule has 3 aromatic rings. The number of allylic oxidation sites excluding steroid dienone is 1. The van der Waals surface area contributed by atoms with Crippen LogP contribution in [0.3, 0.4) is 0 Å². The van der Waals surface area contributed by atoms with Crippen LogP contribution < -0.4 is 10.6 Å². The number of carboxylic acids is 1. The number of anilines is 1. The van der Waals surface area contributed by atoms with Gasteiger partial charge in [-0.25, -0.2) is 4.79 Å². The number of nitrogens with two attached hydrogens (primary N) is 1. The molecule has 0 saturated heterocycles. The van der Waals surface area contributed by atoms with E-state index in [9.17, 15) is 4.79 Å². The van der Waals surface area contributed by atoms with Gasteiger partial charge in [-0.1, -0.05) is 61.5 Å². The molecule has 0 amide bonds. The van der Waals surface area contributed by atoms with Gasteiger partial charge < -0.3 is 15.7 Å². The first kappa shape index (κ1) is 24.0. The van der Waals surface area contributed by atoms with Crippen LogP contribution in [0.4, 0.5) is 5.69 Å². The molecule has 5 heteroatoms. The number of hydrogen-bond acceptors (Lipinski definition) is 4. The molecule has 0 bridgehead atoms. The number of aliphatic imine (C=N–C) groups is 1. The molecule has 0 aliphatic carbocycles. The first-order valence-corrected chi connectivity index (χ1v) is 11.9. The van der Waals surface area contributed by atoms with Crippen molar-refractivity contribution >= 4 is 29.5 Å². The minimum Gasteiger partial charge on any atom is -0.478 e. The summed E-state index contributed by atoms with van der Waals surface area (Å²) in [6.45, 7) is 3.05. The van der Waals surface area contributed by atoms with Gasteiger partial charge in [0, 0.05) is 43.3 Å². The fraction of sp³-hybridized carbons (Fsp3) is 0.200. The van der Waals surface area contributed by atoms with Gasteiger partial charge in [-0.2, -0.15) is 0 Å². The Morgan fingerprint density at radius 1 is 1.11 bits per heavy atom. The molecular formula is C30H31N3O2. The van der Waals surface area contributed by atoms with Gasteiger partial charge in [-0.15, -0.1) is 0 Å². The van der Waals surface area contributed by atoms with Crippen LogP contribution in [0.25, 0.3) is 11.6 Å². The van der Waals surface area contributed by atoms with Crippen LogP contribution in [0, 0.1) is 0 Å². The van der Waals surface area contributed by atoms with Crippen LogP contribution in [-0.2, 0) is 17.6 Å². The number of carbonyl (C=O) groups is 1. The smallest absolute Gasteiger partial charge is 0.328 e. The van der Waals surface area contributed by atoms with Gasteiger partial charge in [0.25, 0.3) is 0 Å². The van der Waals surface area contributed by atoms with E-state index in [1.807, 2.05) is 12.1 Å². The number of nitrogens with zero attached hydrogens (tertiary/aromatic N) is 2. The highest BCUT2D eigenvalue weighted by atomic mass is 16.4. The molecule has 0 radical (unpaired) electrons. The van der Waals surface area contributed by atoms with Gasteiger partial charge in [0.05, 0.1) is 6.04 Å². The zero-order valence-corrected chi connectivity index (χ0v) is 20.2. The van der Waals surface area contributed by atoms with Crippen LogP contribution in [-0.4, -0.2) is 30.9 Å². The molecule has 3 N–H and O–H groups in total. The Kier molecular flexibility index (Phi) is 7.46. The van der Waals surface area contributed by atoms with Gasteiger partial charge >= 0.3 is 5.97 Å². The molecule has 0 spiro atoms. The van der Waals surface area contributed by atoms with Gasteiger partial charge in [-0.05, 0) is 64.4 Å². The summed E-state index contributed by atoms with van der Waals surface area (Å²) in [5, 5.41) is 8.94. The fourth-order valence-electron chi connectivity index (χ4n) is 4.68. The quantitative estimate of drug-likeness (QED) is 0.357. The van der Waals surface area contributed by atoms with E-state index in [0.717, 1.165) is 47.7 Å². The number of hydrogen-bond donors (Lipinski definition) is 2. The highest BCUT2D eigenvalue weighted by Crippen LogP contribution is 2.39. The topological polar surface area (TPSA) is 78.9 Å². The second kappa shape index (κ2) is 10.9. The first-order valence-electron chi connectivity index (χ1n) is 11.9. The number of fused-ring (bicyclic) bond motifs is 1. The monoisotopic (exact) mass is 465 g/mol. The third-order valence-electron chi connectivity index (χ3n) is 6.50. The zero-order valence-electron chi connectivity index (χ0n) is 20.2. The molecule has 1 aliphatic rings. The molecular weight excluding hydrogens is 434 g/mol. The average Bonchev–Trinajstić information content (AvgIpc) is 2.90. The minimum atomic E-state index is -0.952. The lowest BCUT2D eigenvalue weighted by atomic mass is 9.85. The summed E-state index contributed by atoms with van der Waals surface area (Å²) in [6.07, 6.45) is 8.10. The Morgan fingerprint density at radius 3 is 2.49 bits per heavy atom. The van der Waals surface area contributed by atoms with E-state index in [0.29, 0.717) is 0 Å². The van der Waals surface area contributed by atoms with E-state index in [2.05, 4.69) is 71.4 Å². The molecule has 1 atom stereocenters. The SMILES string of the molecule is CCc1ccc(N2CCc3cc(C(C=NC)=CN)ccc3C2c2ccc(/C=C/C(=O)O)cc2)cc1. The molecule has 0 fully saturated rings. The van der Waals surface area contributed by atoms with Gasteiger partial charge in [0.1, 0.15) is 0 Å². The summed E-state index contributed by atoms with van der Waals surface area (Å²) in [5.41, 5.74) is 14.9. The maximum absolute atomic E-state index is 10.9. The van der Waals surface area contributed by atoms with Crippen molar-refractivity contribution in [2.45, 2.75) is 25.8 Å². The summed E-state index contributed by atoms with van der Waals surface area (Å²) >= 11 is 0. The van der Waals surface area contributed by atoms with E-state index < -0.39 is 5.97 Å². The summed E-state index contributed by atoms with van der Waals surface area (Å²) in [5.74, 6) is -0.952. The zero-order chi connectivity index (χ0) is 24.8. The van der Waals surface area contributed by atoms with Crippen LogP contribution >= 0.6 is 0 Å². The maximum Gasteiger partial charge on any atom is 0.328 e. The lowest BCUT2D eigenvalue weighted by Gasteiger charge is -2.40. The van der Waals surface area contributed by atoms with Crippen LogP contribution in [0.5, 0.6) is 0 Å². The molecule has 4 rings (SSSR count). The fourth-order valence-corrected chi connectivity index (χ4v) is 4.68. The van der Waals surface area contributed by atoms with Crippen LogP contribution in [0.1, 0.15) is 46.3 Å². The van der Waals surface area contributed by atoms with Crippen molar-refractivity contribution in [3.63, 3.8) is 0 Å². The molecule has 1 aliphatic heterocycles. The molecule has 178 valence electrons. The van der Waals surface area contributed by atoms with E-state index >= 15 is 0 Å². The maximum atomic E-state index is 10.9. The second-order valence-corrected chi connectivity index (χ2v) is 8.63. The molecule has 1 heterocycles. The Morgan fingerprint density at radius 2 is 1.86 bits per heavy atom. The molecule has 5 nitrogen and oxygen atoms in total. The summed E-state index contributed by atoms with van der Waals surface area (Å²) in [7, 11) is 1.74. The third-order valence-corrected chi connectivity index (χ3v) is 6.50. The predicted octanol–water partition coefficient (Wildman–Crippen LogP) is 5.50. The lowest BCUT2D eigenvalue weighted by molar-refractivity contribution is -0.131. The summed E-state index contributed by atoms with van der Waals surface area (Å²) in [6, 6.07) is 23.5. The summed E-state index contributed by atoms with van der Waals surface area (Å²) < 4.78 is 0. The second-order valence-electron chi connectivity index (χ2n) is 8.63. The van der Waals surface area contributed by atoms with E-state index in [1.165, 1.54) is 22.4 Å². The average molecular weight is 466 g/mol. The van der Waals surface area contributed by atoms with E-state index in [-0.39, 0.29) is 6.04 Å². The van der Waals surface area contributed by atoms with Crippen molar-refractivity contribution in [3.8, 4) is 0 Å². The Bertz CT molecular complexity index is 1270. The Hall–Kier alpha value is -4.12. The van der Waals surface area contributed by atoms with E-state index in [1.54, 1.807) is 25.5 Å². The van der Waals surface area contributed by atoms with Crippen molar-refractivity contribution < 1.29 is 9.90 Å². The number of aliphatic carboxylic acids is 1. The lowest BCUT2D eigenvalue weighted by Crippen LogP contribution is -2.36. The van der Waals surface area contributed by atoms with Gasteiger partial charge in [0.15, 0.2) is 0 Å².